The first-order chi connectivity index (χ1) is 21.5. The van der Waals surface area contributed by atoms with E-state index in [1.165, 1.54) is 12.1 Å². The topological polar surface area (TPSA) is 75.8 Å². The maximum Gasteiger partial charge on any atom is 0.573 e. The van der Waals surface area contributed by atoms with Crippen LogP contribution in [0.1, 0.15) is 82.6 Å². The third-order valence-corrected chi connectivity index (χ3v) is 9.43. The SMILES string of the molecule is CCC1CC(OCc2c(-c3ccccc3OC(F)(F)F)noc2C2CC2)CC(C)C1Oc1nc2c(OC(C)C)cc(C)cc2s1. The van der Waals surface area contributed by atoms with Gasteiger partial charge in [-0.1, -0.05) is 42.5 Å². The average Bonchev–Trinajstić information content (AvgIpc) is 3.59. The van der Waals surface area contributed by atoms with Crippen LogP contribution < -0.4 is 14.2 Å². The summed E-state index contributed by atoms with van der Waals surface area (Å²) in [5, 5.41) is 4.86. The van der Waals surface area contributed by atoms with E-state index in [0.29, 0.717) is 22.2 Å². The van der Waals surface area contributed by atoms with Crippen molar-refractivity contribution >= 4 is 21.6 Å². The first-order valence-electron chi connectivity index (χ1n) is 15.7. The molecule has 6 rings (SSSR count). The van der Waals surface area contributed by atoms with Crippen molar-refractivity contribution in [3.63, 3.8) is 0 Å². The number of thiazole rings is 1. The Kier molecular flexibility index (Phi) is 9.03. The number of hydrogen-bond acceptors (Lipinski definition) is 8. The minimum absolute atomic E-state index is 0.0226. The van der Waals surface area contributed by atoms with Crippen molar-refractivity contribution in [2.45, 2.75) is 104 Å². The highest BCUT2D eigenvalue weighted by atomic mass is 32.1. The number of ether oxygens (including phenoxy) is 4. The van der Waals surface area contributed by atoms with Crippen molar-refractivity contribution in [3.8, 4) is 28.0 Å². The summed E-state index contributed by atoms with van der Waals surface area (Å²) in [5.74, 6) is 1.79. The molecular weight excluding hydrogens is 605 g/mol. The van der Waals surface area contributed by atoms with Crippen LogP contribution in [-0.4, -0.2) is 34.8 Å². The Morgan fingerprint density at radius 3 is 2.58 bits per heavy atom. The summed E-state index contributed by atoms with van der Waals surface area (Å²) in [6, 6.07) is 10.2. The quantitative estimate of drug-likeness (QED) is 0.161. The van der Waals surface area contributed by atoms with Crippen LogP contribution in [0.4, 0.5) is 13.2 Å². The van der Waals surface area contributed by atoms with E-state index < -0.39 is 6.36 Å². The highest BCUT2D eigenvalue weighted by Crippen LogP contribution is 2.46. The van der Waals surface area contributed by atoms with Gasteiger partial charge in [0, 0.05) is 17.0 Å². The van der Waals surface area contributed by atoms with Crippen molar-refractivity contribution in [2.24, 2.45) is 11.8 Å². The normalized spacial score (nSPS) is 22.2. The van der Waals surface area contributed by atoms with Gasteiger partial charge in [-0.3, -0.25) is 0 Å². The zero-order valence-electron chi connectivity index (χ0n) is 26.1. The molecule has 0 saturated heterocycles. The Balaban J connectivity index is 1.18. The van der Waals surface area contributed by atoms with Gasteiger partial charge in [0.15, 0.2) is 0 Å². The third kappa shape index (κ3) is 7.25. The highest BCUT2D eigenvalue weighted by Gasteiger charge is 2.39. The summed E-state index contributed by atoms with van der Waals surface area (Å²) >= 11 is 1.54. The Bertz CT molecular complexity index is 1630. The van der Waals surface area contributed by atoms with Gasteiger partial charge < -0.3 is 23.5 Å². The molecule has 0 spiro atoms. The molecular formula is C34H39F3N2O5S. The Hall–Kier alpha value is -3.31. The molecule has 0 radical (unpaired) electrons. The number of halogens is 3. The van der Waals surface area contributed by atoms with E-state index in [-0.39, 0.29) is 54.0 Å². The molecule has 242 valence electrons. The predicted molar refractivity (Wildman–Crippen MR) is 166 cm³/mol. The van der Waals surface area contributed by atoms with Crippen LogP contribution in [0.2, 0.25) is 0 Å². The molecule has 2 aliphatic rings. The molecule has 45 heavy (non-hydrogen) atoms. The number of alkyl halides is 3. The molecule has 4 unspecified atom stereocenters. The number of aromatic nitrogens is 2. The van der Waals surface area contributed by atoms with E-state index in [1.807, 2.05) is 19.9 Å². The molecule has 0 N–H and O–H groups in total. The second-order valence-electron chi connectivity index (χ2n) is 12.6. The molecule has 4 aromatic rings. The molecule has 0 bridgehead atoms. The lowest BCUT2D eigenvalue weighted by molar-refractivity contribution is -0.274. The third-order valence-electron chi connectivity index (χ3n) is 8.53. The van der Waals surface area contributed by atoms with Crippen LogP contribution in [0.3, 0.4) is 0 Å². The summed E-state index contributed by atoms with van der Waals surface area (Å²) < 4.78 is 69.8. The fraction of sp³-hybridized carbons (Fsp3) is 0.529. The smallest absolute Gasteiger partial charge is 0.489 e. The molecule has 2 aliphatic carbocycles. The lowest BCUT2D eigenvalue weighted by Gasteiger charge is -2.39. The Morgan fingerprint density at radius 1 is 1.09 bits per heavy atom. The molecule has 2 heterocycles. The lowest BCUT2D eigenvalue weighted by Crippen LogP contribution is -2.42. The summed E-state index contributed by atoms with van der Waals surface area (Å²) in [6.07, 6.45) is -0.462. The van der Waals surface area contributed by atoms with Gasteiger partial charge in [-0.15, -0.1) is 13.2 Å². The number of nitrogens with zero attached hydrogens (tertiary/aromatic N) is 2. The number of aryl methyl sites for hydroxylation is 1. The van der Waals surface area contributed by atoms with E-state index >= 15 is 0 Å². The molecule has 0 amide bonds. The second kappa shape index (κ2) is 12.8. The summed E-state index contributed by atoms with van der Waals surface area (Å²) in [5.41, 5.74) is 3.20. The standard InChI is InChI=1S/C34H39F3N2O5S/c1-6-21-16-23(15-20(5)31(21)42-33-38-30-27(41-18(2)3)13-19(4)14-28(30)45-33)40-17-25-29(39-44-32(25)22-11-12-22)24-9-7-8-10-26(24)43-34(35,36)37/h7-10,13-14,18,20-23,31H,6,11-12,15-17H2,1-5H3. The van der Waals surface area contributed by atoms with Crippen LogP contribution in [-0.2, 0) is 11.3 Å². The minimum atomic E-state index is -4.82. The Morgan fingerprint density at radius 2 is 1.87 bits per heavy atom. The first kappa shape index (κ1) is 31.7. The van der Waals surface area contributed by atoms with Gasteiger partial charge >= 0.3 is 6.36 Å². The predicted octanol–water partition coefficient (Wildman–Crippen LogP) is 9.61. The maximum atomic E-state index is 13.2. The van der Waals surface area contributed by atoms with E-state index in [2.05, 4.69) is 36.7 Å². The molecule has 2 aromatic heterocycles. The van der Waals surface area contributed by atoms with Crippen molar-refractivity contribution in [2.75, 3.05) is 0 Å². The first-order valence-corrected chi connectivity index (χ1v) is 16.5. The van der Waals surface area contributed by atoms with Gasteiger partial charge in [0.2, 0.25) is 0 Å². The number of rotatable bonds is 11. The second-order valence-corrected chi connectivity index (χ2v) is 13.6. The maximum absolute atomic E-state index is 13.2. The summed E-state index contributed by atoms with van der Waals surface area (Å²) in [7, 11) is 0. The largest absolute Gasteiger partial charge is 0.573 e. The van der Waals surface area contributed by atoms with Crippen molar-refractivity contribution < 1.29 is 36.6 Å². The number of fused-ring (bicyclic) bond motifs is 1. The number of hydrogen-bond donors (Lipinski definition) is 0. The molecule has 4 atom stereocenters. The Labute approximate surface area is 265 Å². The van der Waals surface area contributed by atoms with Gasteiger partial charge in [0.25, 0.3) is 5.19 Å². The molecule has 2 aromatic carbocycles. The summed E-state index contributed by atoms with van der Waals surface area (Å²) in [6.45, 7) is 10.6. The average molecular weight is 645 g/mol. The van der Waals surface area contributed by atoms with Gasteiger partial charge in [-0.25, -0.2) is 0 Å². The lowest BCUT2D eigenvalue weighted by atomic mass is 9.76. The van der Waals surface area contributed by atoms with Gasteiger partial charge in [0.05, 0.1) is 23.5 Å². The monoisotopic (exact) mass is 644 g/mol. The zero-order chi connectivity index (χ0) is 31.9. The van der Waals surface area contributed by atoms with Crippen molar-refractivity contribution in [1.29, 1.82) is 0 Å². The van der Waals surface area contributed by atoms with Gasteiger partial charge in [-0.05, 0) is 94.5 Å². The van der Waals surface area contributed by atoms with Gasteiger partial charge in [0.1, 0.15) is 34.6 Å². The fourth-order valence-corrected chi connectivity index (χ4v) is 7.34. The molecule has 0 aliphatic heterocycles. The molecule has 2 saturated carbocycles. The van der Waals surface area contributed by atoms with E-state index in [4.69, 9.17) is 23.7 Å². The molecule has 7 nitrogen and oxygen atoms in total. The van der Waals surface area contributed by atoms with Crippen LogP contribution >= 0.6 is 11.3 Å². The minimum Gasteiger partial charge on any atom is -0.489 e. The molecule has 2 fully saturated rings. The van der Waals surface area contributed by atoms with Crippen LogP contribution in [0.5, 0.6) is 16.7 Å². The van der Waals surface area contributed by atoms with E-state index in [1.54, 1.807) is 23.5 Å². The zero-order valence-corrected chi connectivity index (χ0v) is 27.0. The highest BCUT2D eigenvalue weighted by molar-refractivity contribution is 7.20. The van der Waals surface area contributed by atoms with Crippen LogP contribution in [0.15, 0.2) is 40.9 Å². The van der Waals surface area contributed by atoms with Crippen LogP contribution in [0.25, 0.3) is 21.5 Å². The van der Waals surface area contributed by atoms with Crippen molar-refractivity contribution in [3.05, 3.63) is 53.3 Å². The van der Waals surface area contributed by atoms with Crippen LogP contribution in [0, 0.1) is 18.8 Å². The fourth-order valence-electron chi connectivity index (χ4n) is 6.37. The molecule has 11 heteroatoms. The number of benzene rings is 2. The van der Waals surface area contributed by atoms with E-state index in [9.17, 15) is 13.2 Å². The van der Waals surface area contributed by atoms with Crippen molar-refractivity contribution in [1.82, 2.24) is 10.1 Å². The summed E-state index contributed by atoms with van der Waals surface area (Å²) in [4.78, 5) is 4.84. The number of para-hydroxylation sites is 1. The van der Waals surface area contributed by atoms with Gasteiger partial charge in [-0.2, -0.15) is 4.98 Å². The van der Waals surface area contributed by atoms with E-state index in [0.717, 1.165) is 53.6 Å².